The summed E-state index contributed by atoms with van der Waals surface area (Å²) in [5.74, 6) is 0. The second-order valence-corrected chi connectivity index (χ2v) is 5.01. The van der Waals surface area contributed by atoms with Crippen LogP contribution in [0.2, 0.25) is 0 Å². The fourth-order valence-corrected chi connectivity index (χ4v) is 2.02. The second-order valence-electron chi connectivity index (χ2n) is 5.01. The SMILES string of the molecule is CNC(CCC(C)OC)Cc1ccc(C(F)(F)F)cc1. The Morgan fingerprint density at radius 2 is 1.75 bits per heavy atom. The molecule has 1 aromatic rings. The lowest BCUT2D eigenvalue weighted by molar-refractivity contribution is -0.137. The maximum Gasteiger partial charge on any atom is 0.416 e. The second kappa shape index (κ2) is 7.64. The van der Waals surface area contributed by atoms with E-state index in [1.165, 1.54) is 0 Å². The maximum atomic E-state index is 12.5. The van der Waals surface area contributed by atoms with Gasteiger partial charge in [0.2, 0.25) is 0 Å². The standard InChI is InChI=1S/C15H22F3NO/c1-11(20-3)4-9-14(19-2)10-12-5-7-13(8-6-12)15(16,17)18/h5-8,11,14,19H,4,9-10H2,1-3H3. The van der Waals surface area contributed by atoms with Gasteiger partial charge in [0.1, 0.15) is 0 Å². The highest BCUT2D eigenvalue weighted by Gasteiger charge is 2.29. The Bertz CT molecular complexity index is 389. The van der Waals surface area contributed by atoms with Crippen molar-refractivity contribution < 1.29 is 17.9 Å². The minimum absolute atomic E-state index is 0.193. The van der Waals surface area contributed by atoms with Crippen molar-refractivity contribution in [2.75, 3.05) is 14.2 Å². The van der Waals surface area contributed by atoms with E-state index in [9.17, 15) is 13.2 Å². The van der Waals surface area contributed by atoms with Crippen molar-refractivity contribution in [3.8, 4) is 0 Å². The zero-order valence-corrected chi connectivity index (χ0v) is 12.1. The molecule has 1 N–H and O–H groups in total. The molecule has 2 unspecified atom stereocenters. The van der Waals surface area contributed by atoms with Gasteiger partial charge in [0.05, 0.1) is 11.7 Å². The lowest BCUT2D eigenvalue weighted by atomic mass is 9.99. The molecule has 20 heavy (non-hydrogen) atoms. The van der Waals surface area contributed by atoms with Crippen LogP contribution >= 0.6 is 0 Å². The van der Waals surface area contributed by atoms with Crippen LogP contribution in [0.4, 0.5) is 13.2 Å². The number of ether oxygens (including phenoxy) is 1. The number of hydrogen-bond donors (Lipinski definition) is 1. The molecule has 0 aliphatic carbocycles. The van der Waals surface area contributed by atoms with E-state index in [0.717, 1.165) is 30.5 Å². The Kier molecular flexibility index (Phi) is 6.49. The minimum atomic E-state index is -4.27. The van der Waals surface area contributed by atoms with Gasteiger partial charge in [-0.15, -0.1) is 0 Å². The molecule has 0 fully saturated rings. The van der Waals surface area contributed by atoms with Crippen LogP contribution < -0.4 is 5.32 Å². The van der Waals surface area contributed by atoms with E-state index >= 15 is 0 Å². The monoisotopic (exact) mass is 289 g/mol. The largest absolute Gasteiger partial charge is 0.416 e. The quantitative estimate of drug-likeness (QED) is 0.827. The first-order valence-electron chi connectivity index (χ1n) is 6.73. The summed E-state index contributed by atoms with van der Waals surface area (Å²) in [6.45, 7) is 2.00. The normalized spacial score (nSPS) is 15.1. The van der Waals surface area contributed by atoms with Crippen molar-refractivity contribution in [1.29, 1.82) is 0 Å². The third kappa shape index (κ3) is 5.51. The smallest absolute Gasteiger partial charge is 0.382 e. The predicted molar refractivity (Wildman–Crippen MR) is 73.7 cm³/mol. The first kappa shape index (κ1) is 17.0. The fourth-order valence-electron chi connectivity index (χ4n) is 2.02. The first-order valence-corrected chi connectivity index (χ1v) is 6.73. The van der Waals surface area contributed by atoms with Gasteiger partial charge in [-0.3, -0.25) is 0 Å². The molecule has 5 heteroatoms. The van der Waals surface area contributed by atoms with Gasteiger partial charge in [-0.2, -0.15) is 13.2 Å². The van der Waals surface area contributed by atoms with Gasteiger partial charge in [0.25, 0.3) is 0 Å². The van der Waals surface area contributed by atoms with Crippen LogP contribution in [-0.2, 0) is 17.3 Å². The molecule has 0 amide bonds. The molecule has 1 aromatic carbocycles. The summed E-state index contributed by atoms with van der Waals surface area (Å²) in [6, 6.07) is 5.61. The van der Waals surface area contributed by atoms with Gasteiger partial charge in [-0.1, -0.05) is 12.1 Å². The van der Waals surface area contributed by atoms with E-state index in [1.54, 1.807) is 19.2 Å². The molecule has 0 aliphatic heterocycles. The number of rotatable bonds is 7. The number of alkyl halides is 3. The average molecular weight is 289 g/mol. The molecule has 114 valence electrons. The Morgan fingerprint density at radius 3 is 2.20 bits per heavy atom. The summed E-state index contributed by atoms with van der Waals surface area (Å²) in [7, 11) is 3.54. The van der Waals surface area contributed by atoms with Crippen molar-refractivity contribution in [2.45, 2.75) is 44.5 Å². The van der Waals surface area contributed by atoms with E-state index in [2.05, 4.69) is 5.32 Å². The van der Waals surface area contributed by atoms with Gasteiger partial charge in [0, 0.05) is 13.2 Å². The van der Waals surface area contributed by atoms with Crippen LogP contribution in [-0.4, -0.2) is 26.3 Å². The third-order valence-electron chi connectivity index (χ3n) is 3.50. The molecular formula is C15H22F3NO. The van der Waals surface area contributed by atoms with Crippen molar-refractivity contribution in [2.24, 2.45) is 0 Å². The van der Waals surface area contributed by atoms with E-state index < -0.39 is 11.7 Å². The molecule has 0 radical (unpaired) electrons. The van der Waals surface area contributed by atoms with E-state index in [1.807, 2.05) is 14.0 Å². The van der Waals surface area contributed by atoms with E-state index in [0.29, 0.717) is 6.42 Å². The molecular weight excluding hydrogens is 267 g/mol. The summed E-state index contributed by atoms with van der Waals surface area (Å²) >= 11 is 0. The Hall–Kier alpha value is -1.07. The summed E-state index contributed by atoms with van der Waals surface area (Å²) in [4.78, 5) is 0. The maximum absolute atomic E-state index is 12.5. The van der Waals surface area contributed by atoms with Gasteiger partial charge < -0.3 is 10.1 Å². The highest BCUT2D eigenvalue weighted by Crippen LogP contribution is 2.29. The van der Waals surface area contributed by atoms with Crippen molar-refractivity contribution in [3.63, 3.8) is 0 Å². The van der Waals surface area contributed by atoms with Crippen LogP contribution in [0.1, 0.15) is 30.9 Å². The van der Waals surface area contributed by atoms with Gasteiger partial charge >= 0.3 is 6.18 Å². The van der Waals surface area contributed by atoms with Crippen LogP contribution in [0.3, 0.4) is 0 Å². The molecule has 0 saturated carbocycles. The van der Waals surface area contributed by atoms with Gasteiger partial charge in [-0.25, -0.2) is 0 Å². The zero-order valence-electron chi connectivity index (χ0n) is 12.1. The topological polar surface area (TPSA) is 21.3 Å². The summed E-state index contributed by atoms with van der Waals surface area (Å²) in [6.07, 6.45) is -1.52. The lowest BCUT2D eigenvalue weighted by Crippen LogP contribution is -2.28. The lowest BCUT2D eigenvalue weighted by Gasteiger charge is -2.18. The molecule has 0 saturated heterocycles. The van der Waals surface area contributed by atoms with Gasteiger partial charge in [-0.05, 0) is 50.9 Å². The van der Waals surface area contributed by atoms with Crippen molar-refractivity contribution >= 4 is 0 Å². The molecule has 1 rings (SSSR count). The Morgan fingerprint density at radius 1 is 1.15 bits per heavy atom. The number of halogens is 3. The molecule has 0 heterocycles. The highest BCUT2D eigenvalue weighted by molar-refractivity contribution is 5.25. The van der Waals surface area contributed by atoms with E-state index in [-0.39, 0.29) is 12.1 Å². The summed E-state index contributed by atoms with van der Waals surface area (Å²) < 4.78 is 42.6. The van der Waals surface area contributed by atoms with Crippen molar-refractivity contribution in [3.05, 3.63) is 35.4 Å². The van der Waals surface area contributed by atoms with Crippen LogP contribution in [0.5, 0.6) is 0 Å². The Labute approximate surface area is 118 Å². The number of nitrogens with one attached hydrogen (secondary N) is 1. The van der Waals surface area contributed by atoms with Crippen LogP contribution in [0, 0.1) is 0 Å². The summed E-state index contributed by atoms with van der Waals surface area (Å²) in [5, 5.41) is 3.20. The van der Waals surface area contributed by atoms with Crippen molar-refractivity contribution in [1.82, 2.24) is 5.32 Å². The molecule has 0 spiro atoms. The van der Waals surface area contributed by atoms with Gasteiger partial charge in [0.15, 0.2) is 0 Å². The number of likely N-dealkylation sites (N-methyl/N-ethyl adjacent to an activating group) is 1. The number of methoxy groups -OCH3 is 1. The zero-order chi connectivity index (χ0) is 15.2. The van der Waals surface area contributed by atoms with Crippen LogP contribution in [0.15, 0.2) is 24.3 Å². The predicted octanol–water partition coefficient (Wildman–Crippen LogP) is 3.65. The highest BCUT2D eigenvalue weighted by atomic mass is 19.4. The van der Waals surface area contributed by atoms with E-state index in [4.69, 9.17) is 4.74 Å². The molecule has 0 aliphatic rings. The average Bonchev–Trinajstić information content (AvgIpc) is 2.42. The summed E-state index contributed by atoms with van der Waals surface area (Å²) in [5.41, 5.74) is 0.303. The first-order chi connectivity index (χ1) is 9.36. The molecule has 0 bridgehead atoms. The number of benzene rings is 1. The minimum Gasteiger partial charge on any atom is -0.382 e. The molecule has 0 aromatic heterocycles. The Balaban J connectivity index is 2.57. The molecule has 2 nitrogen and oxygen atoms in total. The number of hydrogen-bond acceptors (Lipinski definition) is 2. The fraction of sp³-hybridized carbons (Fsp3) is 0.600. The molecule has 2 atom stereocenters. The van der Waals surface area contributed by atoms with Crippen LogP contribution in [0.25, 0.3) is 0 Å². The third-order valence-corrected chi connectivity index (χ3v) is 3.50.